The lowest BCUT2D eigenvalue weighted by Crippen LogP contribution is -2.29. The molecule has 0 atom stereocenters. The fourth-order valence-electron chi connectivity index (χ4n) is 4.64. The number of imidazole rings is 1. The molecule has 33 heavy (non-hydrogen) atoms. The molecular formula is C24H25N5O3S. The molecule has 5 rings (SSSR count). The van der Waals surface area contributed by atoms with Gasteiger partial charge < -0.3 is 4.57 Å². The van der Waals surface area contributed by atoms with E-state index in [1.165, 1.54) is 6.42 Å². The molecule has 1 amide bonds. The van der Waals surface area contributed by atoms with Crippen LogP contribution >= 0.6 is 0 Å². The van der Waals surface area contributed by atoms with Gasteiger partial charge in [0.2, 0.25) is 10.0 Å². The average Bonchev–Trinajstić information content (AvgIpc) is 3.17. The van der Waals surface area contributed by atoms with Gasteiger partial charge in [0.15, 0.2) is 5.65 Å². The molecule has 0 radical (unpaired) electrons. The van der Waals surface area contributed by atoms with Crippen LogP contribution in [0.15, 0.2) is 42.7 Å². The van der Waals surface area contributed by atoms with E-state index in [-0.39, 0.29) is 5.56 Å². The summed E-state index contributed by atoms with van der Waals surface area (Å²) in [5.74, 6) is 0.135. The quantitative estimate of drug-likeness (QED) is 0.487. The molecule has 1 aliphatic rings. The molecule has 0 aliphatic heterocycles. The predicted molar refractivity (Wildman–Crippen MR) is 127 cm³/mol. The van der Waals surface area contributed by atoms with E-state index >= 15 is 0 Å². The third kappa shape index (κ3) is 4.32. The summed E-state index contributed by atoms with van der Waals surface area (Å²) in [4.78, 5) is 26.2. The first-order valence-electron chi connectivity index (χ1n) is 11.1. The number of rotatable bonds is 4. The minimum absolute atomic E-state index is 0.254. The molecule has 1 aliphatic carbocycles. The number of nitrogens with one attached hydrogen (secondary N) is 1. The number of carbonyl (C=O) groups excluding carboxylic acids is 1. The zero-order valence-electron chi connectivity index (χ0n) is 18.6. The van der Waals surface area contributed by atoms with E-state index in [4.69, 9.17) is 4.98 Å². The highest BCUT2D eigenvalue weighted by molar-refractivity contribution is 7.89. The Morgan fingerprint density at radius 2 is 1.82 bits per heavy atom. The van der Waals surface area contributed by atoms with Gasteiger partial charge in [0.1, 0.15) is 5.82 Å². The molecule has 8 nitrogen and oxygen atoms in total. The van der Waals surface area contributed by atoms with Crippen LogP contribution in [0, 0.1) is 6.92 Å². The first-order valence-corrected chi connectivity index (χ1v) is 12.9. The fourth-order valence-corrected chi connectivity index (χ4v) is 5.09. The SMILES string of the molecule is Cc1cnc2ncc(-c3nc4cc(C(=O)NS(C)(=O)=O)ccc4n3C3CCCCC3)cc2c1. The molecule has 9 heteroatoms. The van der Waals surface area contributed by atoms with Gasteiger partial charge in [-0.3, -0.25) is 4.79 Å². The first-order chi connectivity index (χ1) is 15.8. The number of aromatic nitrogens is 4. The Kier molecular flexibility index (Phi) is 5.36. The zero-order valence-corrected chi connectivity index (χ0v) is 19.4. The van der Waals surface area contributed by atoms with E-state index in [0.29, 0.717) is 17.2 Å². The molecule has 0 unspecified atom stereocenters. The summed E-state index contributed by atoms with van der Waals surface area (Å²) in [6, 6.07) is 9.58. The van der Waals surface area contributed by atoms with Gasteiger partial charge in [0.25, 0.3) is 5.91 Å². The van der Waals surface area contributed by atoms with Crippen LogP contribution in [0.3, 0.4) is 0 Å². The number of amides is 1. The summed E-state index contributed by atoms with van der Waals surface area (Å²) in [7, 11) is -3.65. The maximum atomic E-state index is 12.4. The van der Waals surface area contributed by atoms with Crippen LogP contribution in [0.1, 0.15) is 54.1 Å². The van der Waals surface area contributed by atoms with Crippen LogP contribution < -0.4 is 4.72 Å². The highest BCUT2D eigenvalue weighted by atomic mass is 32.2. The molecule has 1 fully saturated rings. The van der Waals surface area contributed by atoms with E-state index in [0.717, 1.165) is 59.8 Å². The molecule has 1 aromatic carbocycles. The summed E-state index contributed by atoms with van der Waals surface area (Å²) < 4.78 is 27.3. The van der Waals surface area contributed by atoms with Crippen molar-refractivity contribution in [1.82, 2.24) is 24.2 Å². The Morgan fingerprint density at radius 3 is 2.58 bits per heavy atom. The smallest absolute Gasteiger partial charge is 0.264 e. The number of benzene rings is 1. The van der Waals surface area contributed by atoms with Gasteiger partial charge in [-0.1, -0.05) is 19.3 Å². The van der Waals surface area contributed by atoms with Crippen LogP contribution in [-0.2, 0) is 10.0 Å². The van der Waals surface area contributed by atoms with Crippen molar-refractivity contribution in [3.8, 4) is 11.4 Å². The van der Waals surface area contributed by atoms with Gasteiger partial charge in [0, 0.05) is 34.9 Å². The molecule has 1 N–H and O–H groups in total. The summed E-state index contributed by atoms with van der Waals surface area (Å²) in [6.45, 7) is 2.00. The van der Waals surface area contributed by atoms with Crippen molar-refractivity contribution in [2.45, 2.75) is 45.1 Å². The van der Waals surface area contributed by atoms with Gasteiger partial charge >= 0.3 is 0 Å². The average molecular weight is 464 g/mol. The van der Waals surface area contributed by atoms with Gasteiger partial charge in [0.05, 0.1) is 17.3 Å². The molecule has 0 spiro atoms. The van der Waals surface area contributed by atoms with Crippen LogP contribution in [-0.4, -0.2) is 40.1 Å². The molecule has 1 saturated carbocycles. The molecule has 0 bridgehead atoms. The van der Waals surface area contributed by atoms with Crippen LogP contribution in [0.25, 0.3) is 33.5 Å². The number of nitrogens with zero attached hydrogens (tertiary/aromatic N) is 4. The number of carbonyl (C=O) groups is 1. The van der Waals surface area contributed by atoms with E-state index in [9.17, 15) is 13.2 Å². The third-order valence-corrected chi connectivity index (χ3v) is 6.65. The van der Waals surface area contributed by atoms with Gasteiger partial charge in [-0.05, 0) is 55.7 Å². The zero-order chi connectivity index (χ0) is 23.2. The Morgan fingerprint density at radius 1 is 1.06 bits per heavy atom. The number of hydrogen-bond donors (Lipinski definition) is 1. The molecular weight excluding hydrogens is 438 g/mol. The number of fused-ring (bicyclic) bond motifs is 2. The minimum Gasteiger partial charge on any atom is -0.321 e. The van der Waals surface area contributed by atoms with Crippen LogP contribution in [0.5, 0.6) is 0 Å². The predicted octanol–water partition coefficient (Wildman–Crippen LogP) is 4.15. The first kappa shape index (κ1) is 21.5. The van der Waals surface area contributed by atoms with Crippen molar-refractivity contribution in [1.29, 1.82) is 0 Å². The summed E-state index contributed by atoms with van der Waals surface area (Å²) in [5, 5.41) is 0.947. The standard InChI is InChI=1S/C24H25N5O3S/c1-15-10-17-11-18(14-26-22(17)25-13-15)23-27-20-12-16(24(30)28-33(2,31)32)8-9-21(20)29(23)19-6-4-3-5-7-19/h8-14,19H,3-7H2,1-2H3,(H,28,30). The monoisotopic (exact) mass is 463 g/mol. The Labute approximate surface area is 192 Å². The topological polar surface area (TPSA) is 107 Å². The highest BCUT2D eigenvalue weighted by Crippen LogP contribution is 2.36. The second-order valence-electron chi connectivity index (χ2n) is 8.79. The number of hydrogen-bond acceptors (Lipinski definition) is 6. The van der Waals surface area contributed by atoms with Crippen molar-refractivity contribution in [3.63, 3.8) is 0 Å². The van der Waals surface area contributed by atoms with Crippen LogP contribution in [0.2, 0.25) is 0 Å². The Hall–Kier alpha value is -3.33. The lowest BCUT2D eigenvalue weighted by atomic mass is 9.95. The fraction of sp³-hybridized carbons (Fsp3) is 0.333. The van der Waals surface area contributed by atoms with Crippen molar-refractivity contribution >= 4 is 38.0 Å². The highest BCUT2D eigenvalue weighted by Gasteiger charge is 2.23. The third-order valence-electron chi connectivity index (χ3n) is 6.10. The second kappa shape index (κ2) is 8.22. The Balaban J connectivity index is 1.67. The van der Waals surface area contributed by atoms with Crippen molar-refractivity contribution in [2.75, 3.05) is 6.26 Å². The normalized spacial score (nSPS) is 15.2. The minimum atomic E-state index is -3.65. The van der Waals surface area contributed by atoms with E-state index in [2.05, 4.69) is 26.7 Å². The van der Waals surface area contributed by atoms with Crippen molar-refractivity contribution < 1.29 is 13.2 Å². The number of aryl methyl sites for hydroxylation is 1. The largest absolute Gasteiger partial charge is 0.321 e. The number of sulfonamides is 1. The van der Waals surface area contributed by atoms with E-state index in [1.54, 1.807) is 24.5 Å². The molecule has 170 valence electrons. The van der Waals surface area contributed by atoms with Crippen molar-refractivity contribution in [2.24, 2.45) is 0 Å². The van der Waals surface area contributed by atoms with E-state index < -0.39 is 15.9 Å². The maximum Gasteiger partial charge on any atom is 0.264 e. The van der Waals surface area contributed by atoms with Crippen LogP contribution in [0.4, 0.5) is 0 Å². The lowest BCUT2D eigenvalue weighted by Gasteiger charge is -2.25. The van der Waals surface area contributed by atoms with E-state index in [1.807, 2.05) is 17.7 Å². The summed E-state index contributed by atoms with van der Waals surface area (Å²) in [6.07, 6.45) is 10.2. The van der Waals surface area contributed by atoms with Gasteiger partial charge in [-0.2, -0.15) is 0 Å². The van der Waals surface area contributed by atoms with Gasteiger partial charge in [-0.25, -0.2) is 28.1 Å². The molecule has 3 aromatic heterocycles. The maximum absolute atomic E-state index is 12.4. The summed E-state index contributed by atoms with van der Waals surface area (Å²) in [5.41, 5.74) is 4.46. The summed E-state index contributed by atoms with van der Waals surface area (Å²) >= 11 is 0. The number of pyridine rings is 2. The molecule has 0 saturated heterocycles. The lowest BCUT2D eigenvalue weighted by molar-refractivity contribution is 0.0982. The second-order valence-corrected chi connectivity index (χ2v) is 10.5. The molecule has 3 heterocycles. The Bertz CT molecular complexity index is 1490. The molecule has 4 aromatic rings. The van der Waals surface area contributed by atoms with Gasteiger partial charge in [-0.15, -0.1) is 0 Å². The van der Waals surface area contributed by atoms with Crippen molar-refractivity contribution in [3.05, 3.63) is 53.9 Å².